The molecule has 0 saturated heterocycles. The van der Waals surface area contributed by atoms with Gasteiger partial charge in [-0.3, -0.25) is 0 Å². The Hall–Kier alpha value is -2.08. The average molecular weight is 322 g/mol. The van der Waals surface area contributed by atoms with E-state index in [2.05, 4.69) is 20.9 Å². The molecule has 0 amide bonds. The van der Waals surface area contributed by atoms with E-state index in [1.165, 1.54) is 7.11 Å². The summed E-state index contributed by atoms with van der Waals surface area (Å²) in [6.45, 7) is 0. The summed E-state index contributed by atoms with van der Waals surface area (Å²) in [6, 6.07) is 8.35. The Morgan fingerprint density at radius 1 is 1.26 bits per heavy atom. The molecule has 4 N–H and O–H groups in total. The molecule has 0 aliphatic rings. The van der Waals surface area contributed by atoms with Crippen LogP contribution in [0.3, 0.4) is 0 Å². The second kappa shape index (κ2) is 5.27. The van der Waals surface area contributed by atoms with Crippen molar-refractivity contribution in [3.63, 3.8) is 0 Å². The molecule has 0 unspecified atom stereocenters. The van der Waals surface area contributed by atoms with Crippen LogP contribution in [0, 0.1) is 0 Å². The number of rotatable bonds is 2. The molecule has 0 fully saturated rings. The summed E-state index contributed by atoms with van der Waals surface area (Å²) < 4.78 is 5.22. The third kappa shape index (κ3) is 2.85. The van der Waals surface area contributed by atoms with Crippen molar-refractivity contribution in [2.75, 3.05) is 18.6 Å². The first-order valence-electron chi connectivity index (χ1n) is 5.42. The van der Waals surface area contributed by atoms with Gasteiger partial charge in [0.25, 0.3) is 0 Å². The SMILES string of the molecule is COC(=O)c1cc(Br)nc(-c2ccc(N)cc2N)c1. The van der Waals surface area contributed by atoms with Crippen LogP contribution in [0.25, 0.3) is 11.3 Å². The van der Waals surface area contributed by atoms with E-state index in [0.29, 0.717) is 32.8 Å². The van der Waals surface area contributed by atoms with Crippen LogP contribution in [-0.2, 0) is 4.74 Å². The molecule has 0 radical (unpaired) electrons. The molecule has 2 rings (SSSR count). The van der Waals surface area contributed by atoms with Gasteiger partial charge in [0, 0.05) is 16.9 Å². The van der Waals surface area contributed by atoms with Gasteiger partial charge < -0.3 is 16.2 Å². The van der Waals surface area contributed by atoms with E-state index in [0.717, 1.165) is 0 Å². The fourth-order valence-electron chi connectivity index (χ4n) is 1.69. The van der Waals surface area contributed by atoms with Gasteiger partial charge in [-0.05, 0) is 46.3 Å². The molecule has 19 heavy (non-hydrogen) atoms. The highest BCUT2D eigenvalue weighted by molar-refractivity contribution is 9.10. The highest BCUT2D eigenvalue weighted by Gasteiger charge is 2.12. The number of aromatic nitrogens is 1. The predicted molar refractivity (Wildman–Crippen MR) is 77.5 cm³/mol. The Kier molecular flexibility index (Phi) is 3.71. The number of nitrogens with two attached hydrogens (primary N) is 2. The number of hydrogen-bond donors (Lipinski definition) is 2. The smallest absolute Gasteiger partial charge is 0.338 e. The van der Waals surface area contributed by atoms with Crippen molar-refractivity contribution in [2.45, 2.75) is 0 Å². The number of hydrogen-bond acceptors (Lipinski definition) is 5. The van der Waals surface area contributed by atoms with E-state index in [9.17, 15) is 4.79 Å². The van der Waals surface area contributed by atoms with Gasteiger partial charge in [-0.1, -0.05) is 0 Å². The lowest BCUT2D eigenvalue weighted by Gasteiger charge is -2.08. The van der Waals surface area contributed by atoms with Gasteiger partial charge in [0.05, 0.1) is 18.4 Å². The molecule has 1 aromatic carbocycles. The molecule has 0 aliphatic carbocycles. The average Bonchev–Trinajstić information content (AvgIpc) is 2.37. The predicted octanol–water partition coefficient (Wildman–Crippen LogP) is 2.46. The van der Waals surface area contributed by atoms with Crippen LogP contribution < -0.4 is 11.5 Å². The van der Waals surface area contributed by atoms with Crippen molar-refractivity contribution < 1.29 is 9.53 Å². The Morgan fingerprint density at radius 3 is 2.63 bits per heavy atom. The highest BCUT2D eigenvalue weighted by atomic mass is 79.9. The Labute approximate surface area is 118 Å². The lowest BCUT2D eigenvalue weighted by Crippen LogP contribution is -2.03. The zero-order chi connectivity index (χ0) is 14.0. The Bertz CT molecular complexity index is 644. The fourth-order valence-corrected chi connectivity index (χ4v) is 2.12. The van der Waals surface area contributed by atoms with Crippen molar-refractivity contribution in [3.8, 4) is 11.3 Å². The van der Waals surface area contributed by atoms with Gasteiger partial charge in [0.2, 0.25) is 0 Å². The van der Waals surface area contributed by atoms with Gasteiger partial charge in [-0.15, -0.1) is 0 Å². The third-order valence-corrected chi connectivity index (χ3v) is 2.97. The first-order valence-corrected chi connectivity index (χ1v) is 6.22. The zero-order valence-electron chi connectivity index (χ0n) is 10.2. The summed E-state index contributed by atoms with van der Waals surface area (Å²) in [5.74, 6) is -0.432. The van der Waals surface area contributed by atoms with E-state index in [-0.39, 0.29) is 0 Å². The summed E-state index contributed by atoms with van der Waals surface area (Å²) in [7, 11) is 1.33. The maximum Gasteiger partial charge on any atom is 0.338 e. The molecule has 1 aromatic heterocycles. The lowest BCUT2D eigenvalue weighted by molar-refractivity contribution is 0.0600. The molecule has 2 aromatic rings. The molecule has 6 heteroatoms. The van der Waals surface area contributed by atoms with Gasteiger partial charge in [-0.25, -0.2) is 9.78 Å². The summed E-state index contributed by atoms with van der Waals surface area (Å²) in [5.41, 5.74) is 14.3. The largest absolute Gasteiger partial charge is 0.465 e. The number of nitrogen functional groups attached to an aromatic ring is 2. The first kappa shape index (κ1) is 13.4. The van der Waals surface area contributed by atoms with E-state index in [4.69, 9.17) is 16.2 Å². The summed E-state index contributed by atoms with van der Waals surface area (Å²) >= 11 is 3.26. The number of ether oxygens (including phenoxy) is 1. The van der Waals surface area contributed by atoms with Crippen LogP contribution >= 0.6 is 15.9 Å². The number of carbonyl (C=O) groups excluding carboxylic acids is 1. The minimum absolute atomic E-state index is 0.399. The number of pyridine rings is 1. The molecular formula is C13H12BrN3O2. The molecule has 98 valence electrons. The van der Waals surface area contributed by atoms with Crippen LogP contribution in [0.1, 0.15) is 10.4 Å². The maximum atomic E-state index is 11.6. The number of anilines is 2. The number of halogens is 1. The quantitative estimate of drug-likeness (QED) is 0.503. The number of esters is 1. The van der Waals surface area contributed by atoms with E-state index in [1.807, 2.05) is 0 Å². The normalized spacial score (nSPS) is 10.2. The van der Waals surface area contributed by atoms with Crippen molar-refractivity contribution in [2.24, 2.45) is 0 Å². The van der Waals surface area contributed by atoms with Gasteiger partial charge >= 0.3 is 5.97 Å². The standard InChI is InChI=1S/C13H12BrN3O2/c1-19-13(18)7-4-11(17-12(14)5-7)9-3-2-8(15)6-10(9)16/h2-6H,15-16H2,1H3. The highest BCUT2D eigenvalue weighted by Crippen LogP contribution is 2.28. The van der Waals surface area contributed by atoms with Crippen LogP contribution in [0.15, 0.2) is 34.9 Å². The van der Waals surface area contributed by atoms with Crippen molar-refractivity contribution in [3.05, 3.63) is 40.5 Å². The molecule has 0 bridgehead atoms. The van der Waals surface area contributed by atoms with Gasteiger partial charge in [-0.2, -0.15) is 0 Å². The molecule has 1 heterocycles. The molecule has 0 atom stereocenters. The van der Waals surface area contributed by atoms with Crippen LogP contribution in [0.5, 0.6) is 0 Å². The van der Waals surface area contributed by atoms with E-state index < -0.39 is 5.97 Å². The van der Waals surface area contributed by atoms with E-state index >= 15 is 0 Å². The van der Waals surface area contributed by atoms with Crippen LogP contribution in [-0.4, -0.2) is 18.1 Å². The Morgan fingerprint density at radius 2 is 2.00 bits per heavy atom. The Balaban J connectivity index is 2.56. The second-order valence-corrected chi connectivity index (χ2v) is 4.71. The van der Waals surface area contributed by atoms with Gasteiger partial charge in [0.1, 0.15) is 4.60 Å². The van der Waals surface area contributed by atoms with Crippen LogP contribution in [0.2, 0.25) is 0 Å². The third-order valence-electron chi connectivity index (χ3n) is 2.57. The maximum absolute atomic E-state index is 11.6. The number of nitrogens with zero attached hydrogens (tertiary/aromatic N) is 1. The van der Waals surface area contributed by atoms with Gasteiger partial charge in [0.15, 0.2) is 0 Å². The number of benzene rings is 1. The van der Waals surface area contributed by atoms with Crippen molar-refractivity contribution >= 4 is 33.3 Å². The molecule has 0 aliphatic heterocycles. The zero-order valence-corrected chi connectivity index (χ0v) is 11.8. The summed E-state index contributed by atoms with van der Waals surface area (Å²) in [4.78, 5) is 15.9. The molecule has 0 spiro atoms. The lowest BCUT2D eigenvalue weighted by atomic mass is 10.1. The summed E-state index contributed by atoms with van der Waals surface area (Å²) in [6.07, 6.45) is 0. The molecule has 0 saturated carbocycles. The minimum atomic E-state index is -0.432. The number of carbonyl (C=O) groups is 1. The first-order chi connectivity index (χ1) is 9.01. The number of methoxy groups -OCH3 is 1. The molecule has 5 nitrogen and oxygen atoms in total. The fraction of sp³-hybridized carbons (Fsp3) is 0.0769. The summed E-state index contributed by atoms with van der Waals surface area (Å²) in [5, 5.41) is 0. The topological polar surface area (TPSA) is 91.2 Å². The second-order valence-electron chi connectivity index (χ2n) is 3.90. The van der Waals surface area contributed by atoms with Crippen molar-refractivity contribution in [1.29, 1.82) is 0 Å². The monoisotopic (exact) mass is 321 g/mol. The van der Waals surface area contributed by atoms with Crippen molar-refractivity contribution in [1.82, 2.24) is 4.98 Å². The minimum Gasteiger partial charge on any atom is -0.465 e. The van der Waals surface area contributed by atoms with E-state index in [1.54, 1.807) is 30.3 Å². The molecular weight excluding hydrogens is 310 g/mol. The van der Waals surface area contributed by atoms with Crippen LogP contribution in [0.4, 0.5) is 11.4 Å².